The second-order valence-corrected chi connectivity index (χ2v) is 9.08. The Kier molecular flexibility index (Phi) is 5.56. The zero-order valence-corrected chi connectivity index (χ0v) is 15.8. The summed E-state index contributed by atoms with van der Waals surface area (Å²) < 4.78 is 27.1. The number of nitrogens with zero attached hydrogens (tertiary/aromatic N) is 1. The number of aryl methyl sites for hydroxylation is 1. The quantitative estimate of drug-likeness (QED) is 0.878. The number of hydrogen-bond donors (Lipinski definition) is 1. The van der Waals surface area contributed by atoms with Gasteiger partial charge in [0.2, 0.25) is 10.0 Å². The summed E-state index contributed by atoms with van der Waals surface area (Å²) in [6.45, 7) is 3.05. The van der Waals surface area contributed by atoms with Crippen LogP contribution < -0.4 is 5.32 Å². The van der Waals surface area contributed by atoms with Crippen LogP contribution in [0.2, 0.25) is 0 Å². The van der Waals surface area contributed by atoms with Crippen molar-refractivity contribution < 1.29 is 13.2 Å². The molecule has 5 nitrogen and oxygen atoms in total. The van der Waals surface area contributed by atoms with Gasteiger partial charge in [0.25, 0.3) is 5.91 Å². The largest absolute Gasteiger partial charge is 0.321 e. The van der Waals surface area contributed by atoms with Crippen molar-refractivity contribution >= 4 is 33.0 Å². The molecule has 1 aromatic carbocycles. The van der Waals surface area contributed by atoms with E-state index in [0.717, 1.165) is 31.2 Å². The third kappa shape index (κ3) is 4.11. The number of hydrogen-bond acceptors (Lipinski definition) is 4. The Labute approximate surface area is 152 Å². The van der Waals surface area contributed by atoms with Gasteiger partial charge in [0, 0.05) is 18.8 Å². The van der Waals surface area contributed by atoms with Crippen LogP contribution >= 0.6 is 11.3 Å². The Hall–Kier alpha value is -1.70. The maximum absolute atomic E-state index is 12.7. The maximum Gasteiger partial charge on any atom is 0.265 e. The van der Waals surface area contributed by atoms with Crippen LogP contribution in [0.1, 0.15) is 40.9 Å². The van der Waals surface area contributed by atoms with E-state index in [4.69, 9.17) is 0 Å². The second-order valence-electron chi connectivity index (χ2n) is 6.23. The highest BCUT2D eigenvalue weighted by molar-refractivity contribution is 7.89. The Morgan fingerprint density at radius 1 is 1.04 bits per heavy atom. The molecule has 7 heteroatoms. The molecule has 1 fully saturated rings. The minimum atomic E-state index is -3.46. The Morgan fingerprint density at radius 2 is 1.68 bits per heavy atom. The van der Waals surface area contributed by atoms with Gasteiger partial charge in [0.1, 0.15) is 0 Å². The van der Waals surface area contributed by atoms with E-state index in [1.807, 2.05) is 18.4 Å². The van der Waals surface area contributed by atoms with Crippen LogP contribution in [0.15, 0.2) is 40.6 Å². The van der Waals surface area contributed by atoms with Crippen molar-refractivity contribution in [3.8, 4) is 0 Å². The summed E-state index contributed by atoms with van der Waals surface area (Å²) in [6.07, 6.45) is 3.99. The lowest BCUT2D eigenvalue weighted by atomic mass is 10.2. The molecule has 1 aliphatic rings. The minimum absolute atomic E-state index is 0.171. The molecule has 1 amide bonds. The van der Waals surface area contributed by atoms with E-state index >= 15 is 0 Å². The molecule has 0 radical (unpaired) electrons. The lowest BCUT2D eigenvalue weighted by molar-refractivity contribution is 0.103. The number of nitrogens with one attached hydrogen (secondary N) is 1. The van der Waals surface area contributed by atoms with E-state index in [2.05, 4.69) is 5.32 Å². The Morgan fingerprint density at radius 3 is 2.24 bits per heavy atom. The minimum Gasteiger partial charge on any atom is -0.321 e. The van der Waals surface area contributed by atoms with Gasteiger partial charge in [0.15, 0.2) is 0 Å². The summed E-state index contributed by atoms with van der Waals surface area (Å²) in [5.74, 6) is -0.171. The number of benzene rings is 1. The molecular weight excluding hydrogens is 356 g/mol. The molecule has 25 heavy (non-hydrogen) atoms. The fourth-order valence-corrected chi connectivity index (χ4v) is 5.27. The third-order valence-corrected chi connectivity index (χ3v) is 7.31. The number of carbonyl (C=O) groups is 1. The van der Waals surface area contributed by atoms with Gasteiger partial charge in [-0.2, -0.15) is 4.31 Å². The average molecular weight is 379 g/mol. The summed E-state index contributed by atoms with van der Waals surface area (Å²) in [7, 11) is -3.46. The van der Waals surface area contributed by atoms with Crippen LogP contribution in [0.5, 0.6) is 0 Å². The summed E-state index contributed by atoms with van der Waals surface area (Å²) in [5.41, 5.74) is 1.52. The zero-order valence-electron chi connectivity index (χ0n) is 14.2. The number of sulfonamides is 1. The van der Waals surface area contributed by atoms with Crippen molar-refractivity contribution in [2.45, 2.75) is 37.5 Å². The predicted molar refractivity (Wildman–Crippen MR) is 101 cm³/mol. The van der Waals surface area contributed by atoms with E-state index in [1.165, 1.54) is 11.3 Å². The molecule has 1 aliphatic heterocycles. The molecule has 0 bridgehead atoms. The van der Waals surface area contributed by atoms with E-state index in [1.54, 1.807) is 28.6 Å². The summed E-state index contributed by atoms with van der Waals surface area (Å²) in [5, 5.41) is 4.69. The topological polar surface area (TPSA) is 66.5 Å². The first-order valence-electron chi connectivity index (χ1n) is 8.44. The van der Waals surface area contributed by atoms with E-state index < -0.39 is 10.0 Å². The highest BCUT2D eigenvalue weighted by atomic mass is 32.2. The van der Waals surface area contributed by atoms with Crippen LogP contribution in [-0.2, 0) is 10.0 Å². The SMILES string of the molecule is Cc1ccsc1C(=O)Nc1ccc(S(=O)(=O)N2CCCCCC2)cc1. The van der Waals surface area contributed by atoms with Gasteiger partial charge in [0.05, 0.1) is 9.77 Å². The fraction of sp³-hybridized carbons (Fsp3) is 0.389. The summed E-state index contributed by atoms with van der Waals surface area (Å²) >= 11 is 1.39. The Balaban J connectivity index is 1.73. The van der Waals surface area contributed by atoms with Gasteiger partial charge in [-0.3, -0.25) is 4.79 Å². The van der Waals surface area contributed by atoms with Gasteiger partial charge in [-0.05, 0) is 61.0 Å². The molecule has 2 heterocycles. The van der Waals surface area contributed by atoms with Crippen molar-refractivity contribution in [1.82, 2.24) is 4.31 Å². The molecule has 0 spiro atoms. The molecule has 0 unspecified atom stereocenters. The smallest absolute Gasteiger partial charge is 0.265 e. The van der Waals surface area contributed by atoms with Gasteiger partial charge in [-0.25, -0.2) is 8.42 Å². The van der Waals surface area contributed by atoms with E-state index in [0.29, 0.717) is 23.7 Å². The van der Waals surface area contributed by atoms with Crippen molar-refractivity contribution in [3.05, 3.63) is 46.2 Å². The fourth-order valence-electron chi connectivity index (χ4n) is 2.93. The molecule has 134 valence electrons. The molecule has 0 saturated carbocycles. The highest BCUT2D eigenvalue weighted by Gasteiger charge is 2.25. The van der Waals surface area contributed by atoms with Crippen molar-refractivity contribution in [3.63, 3.8) is 0 Å². The molecule has 1 aromatic heterocycles. The van der Waals surface area contributed by atoms with Gasteiger partial charge >= 0.3 is 0 Å². The lowest BCUT2D eigenvalue weighted by Crippen LogP contribution is -2.31. The number of thiophene rings is 1. The first-order valence-corrected chi connectivity index (χ1v) is 10.8. The van der Waals surface area contributed by atoms with Crippen molar-refractivity contribution in [2.75, 3.05) is 18.4 Å². The molecule has 2 aromatic rings. The van der Waals surface area contributed by atoms with Gasteiger partial charge < -0.3 is 5.32 Å². The number of carbonyl (C=O) groups excluding carboxylic acids is 1. The summed E-state index contributed by atoms with van der Waals surface area (Å²) in [6, 6.07) is 8.32. The number of anilines is 1. The van der Waals surface area contributed by atoms with Crippen LogP contribution in [-0.4, -0.2) is 31.7 Å². The van der Waals surface area contributed by atoms with E-state index in [9.17, 15) is 13.2 Å². The first kappa shape index (κ1) is 18.1. The van der Waals surface area contributed by atoms with E-state index in [-0.39, 0.29) is 10.8 Å². The molecule has 1 saturated heterocycles. The average Bonchev–Trinajstić information content (AvgIpc) is 2.85. The third-order valence-electron chi connectivity index (χ3n) is 4.38. The van der Waals surface area contributed by atoms with Gasteiger partial charge in [-0.1, -0.05) is 12.8 Å². The second kappa shape index (κ2) is 7.68. The standard InChI is InChI=1S/C18H22N2O3S2/c1-14-10-13-24-17(14)18(21)19-15-6-8-16(9-7-15)25(22,23)20-11-4-2-3-5-12-20/h6-10,13H,2-5,11-12H2,1H3,(H,19,21). The molecule has 0 aliphatic carbocycles. The molecule has 1 N–H and O–H groups in total. The van der Waals surface area contributed by atoms with Crippen molar-refractivity contribution in [2.24, 2.45) is 0 Å². The predicted octanol–water partition coefficient (Wildman–Crippen LogP) is 3.87. The zero-order chi connectivity index (χ0) is 17.9. The first-order chi connectivity index (χ1) is 12.0. The normalized spacial score (nSPS) is 16.4. The number of rotatable bonds is 4. The number of amides is 1. The summed E-state index contributed by atoms with van der Waals surface area (Å²) in [4.78, 5) is 13.2. The Bertz CT molecular complexity index is 833. The van der Waals surface area contributed by atoms with Crippen LogP contribution in [0, 0.1) is 6.92 Å². The van der Waals surface area contributed by atoms with Crippen LogP contribution in [0.4, 0.5) is 5.69 Å². The highest BCUT2D eigenvalue weighted by Crippen LogP contribution is 2.23. The van der Waals surface area contributed by atoms with Crippen LogP contribution in [0.25, 0.3) is 0 Å². The van der Waals surface area contributed by atoms with Crippen molar-refractivity contribution in [1.29, 1.82) is 0 Å². The monoisotopic (exact) mass is 378 g/mol. The molecule has 0 atom stereocenters. The van der Waals surface area contributed by atoms with Gasteiger partial charge in [-0.15, -0.1) is 11.3 Å². The maximum atomic E-state index is 12.7. The van der Waals surface area contributed by atoms with Crippen LogP contribution in [0.3, 0.4) is 0 Å². The molecular formula is C18H22N2O3S2. The molecule has 3 rings (SSSR count). The lowest BCUT2D eigenvalue weighted by Gasteiger charge is -2.20.